The molecule has 0 spiro atoms. The Morgan fingerprint density at radius 2 is 2.33 bits per heavy atom. The minimum Gasteiger partial charge on any atom is -0.394 e. The summed E-state index contributed by atoms with van der Waals surface area (Å²) in [5.41, 5.74) is -0.148. The standard InChI is InChI=1S/C11H24N2O2/c1-11(9-14,12-2)5-7-13-6-4-10(8-13)15-3/h10,12,14H,4-9H2,1-3H3. The van der Waals surface area contributed by atoms with Gasteiger partial charge in [0.15, 0.2) is 0 Å². The van der Waals surface area contributed by atoms with Crippen molar-refractivity contribution in [2.45, 2.75) is 31.4 Å². The Morgan fingerprint density at radius 3 is 2.80 bits per heavy atom. The number of rotatable bonds is 6. The highest BCUT2D eigenvalue weighted by Gasteiger charge is 2.26. The van der Waals surface area contributed by atoms with Crippen molar-refractivity contribution < 1.29 is 9.84 Å². The van der Waals surface area contributed by atoms with Crippen molar-refractivity contribution in [2.75, 3.05) is 40.4 Å². The molecule has 2 atom stereocenters. The Bertz CT molecular complexity index is 183. The summed E-state index contributed by atoms with van der Waals surface area (Å²) in [7, 11) is 3.68. The Balaban J connectivity index is 2.25. The van der Waals surface area contributed by atoms with Gasteiger partial charge < -0.3 is 20.1 Å². The Kier molecular flexibility index (Phi) is 4.99. The van der Waals surface area contributed by atoms with E-state index in [9.17, 15) is 5.11 Å². The van der Waals surface area contributed by atoms with E-state index in [-0.39, 0.29) is 12.1 Å². The zero-order chi connectivity index (χ0) is 11.3. The minimum absolute atomic E-state index is 0.148. The Hall–Kier alpha value is -0.160. The number of likely N-dealkylation sites (N-methyl/N-ethyl adjacent to an activating group) is 1. The summed E-state index contributed by atoms with van der Waals surface area (Å²) in [6.07, 6.45) is 2.50. The normalized spacial score (nSPS) is 26.8. The summed E-state index contributed by atoms with van der Waals surface area (Å²) >= 11 is 0. The summed E-state index contributed by atoms with van der Waals surface area (Å²) in [5.74, 6) is 0. The molecule has 1 fully saturated rings. The third-order valence-electron chi connectivity index (χ3n) is 3.49. The number of aliphatic hydroxyl groups is 1. The molecule has 0 saturated carbocycles. The van der Waals surface area contributed by atoms with Crippen LogP contribution in [0.4, 0.5) is 0 Å². The fourth-order valence-electron chi connectivity index (χ4n) is 1.88. The molecule has 15 heavy (non-hydrogen) atoms. The maximum Gasteiger partial charge on any atom is 0.0710 e. The first kappa shape index (κ1) is 12.9. The molecule has 1 heterocycles. The van der Waals surface area contributed by atoms with Gasteiger partial charge in [-0.3, -0.25) is 0 Å². The van der Waals surface area contributed by atoms with Crippen LogP contribution in [0.25, 0.3) is 0 Å². The molecule has 90 valence electrons. The van der Waals surface area contributed by atoms with Crippen LogP contribution in [-0.2, 0) is 4.74 Å². The van der Waals surface area contributed by atoms with E-state index in [1.54, 1.807) is 7.11 Å². The van der Waals surface area contributed by atoms with Gasteiger partial charge in [-0.1, -0.05) is 0 Å². The third kappa shape index (κ3) is 3.72. The predicted octanol–water partition coefficient (Wildman–Crippen LogP) is 0.0676. The molecule has 0 aliphatic carbocycles. The van der Waals surface area contributed by atoms with Crippen molar-refractivity contribution in [3.05, 3.63) is 0 Å². The SMILES string of the molecule is CNC(C)(CO)CCN1CCC(OC)C1. The number of nitrogens with zero attached hydrogens (tertiary/aromatic N) is 1. The Morgan fingerprint density at radius 1 is 1.60 bits per heavy atom. The molecule has 2 N–H and O–H groups in total. The van der Waals surface area contributed by atoms with Gasteiger partial charge in [-0.15, -0.1) is 0 Å². The molecule has 2 unspecified atom stereocenters. The lowest BCUT2D eigenvalue weighted by atomic mass is 9.99. The average molecular weight is 216 g/mol. The van der Waals surface area contributed by atoms with Crippen LogP contribution in [0, 0.1) is 0 Å². The third-order valence-corrected chi connectivity index (χ3v) is 3.49. The zero-order valence-electron chi connectivity index (χ0n) is 10.1. The monoisotopic (exact) mass is 216 g/mol. The summed E-state index contributed by atoms with van der Waals surface area (Å²) in [5, 5.41) is 12.4. The van der Waals surface area contributed by atoms with Gasteiger partial charge in [-0.05, 0) is 26.8 Å². The minimum atomic E-state index is -0.148. The van der Waals surface area contributed by atoms with Crippen molar-refractivity contribution in [2.24, 2.45) is 0 Å². The summed E-state index contributed by atoms with van der Waals surface area (Å²) in [6.45, 7) is 5.41. The second-order valence-electron chi connectivity index (χ2n) is 4.67. The molecule has 4 nitrogen and oxygen atoms in total. The van der Waals surface area contributed by atoms with Crippen LogP contribution in [-0.4, -0.2) is 62.0 Å². The number of ether oxygens (including phenoxy) is 1. The van der Waals surface area contributed by atoms with E-state index in [2.05, 4.69) is 17.1 Å². The van der Waals surface area contributed by atoms with Crippen molar-refractivity contribution in [1.29, 1.82) is 0 Å². The maximum absolute atomic E-state index is 9.25. The van der Waals surface area contributed by atoms with Crippen molar-refractivity contribution >= 4 is 0 Å². The van der Waals surface area contributed by atoms with Gasteiger partial charge in [0, 0.05) is 32.3 Å². The lowest BCUT2D eigenvalue weighted by Crippen LogP contribution is -2.45. The molecule has 0 bridgehead atoms. The van der Waals surface area contributed by atoms with Crippen LogP contribution in [0.2, 0.25) is 0 Å². The summed E-state index contributed by atoms with van der Waals surface area (Å²) < 4.78 is 5.32. The molecule has 1 aliphatic heterocycles. The van der Waals surface area contributed by atoms with Crippen LogP contribution in [0.5, 0.6) is 0 Å². The predicted molar refractivity (Wildman–Crippen MR) is 61.0 cm³/mol. The van der Waals surface area contributed by atoms with Gasteiger partial charge in [0.05, 0.1) is 12.7 Å². The van der Waals surface area contributed by atoms with Crippen LogP contribution < -0.4 is 5.32 Å². The van der Waals surface area contributed by atoms with Gasteiger partial charge in [0.1, 0.15) is 0 Å². The molecule has 1 aliphatic rings. The number of methoxy groups -OCH3 is 1. The highest BCUT2D eigenvalue weighted by Crippen LogP contribution is 2.15. The largest absolute Gasteiger partial charge is 0.394 e. The summed E-state index contributed by atoms with van der Waals surface area (Å²) in [4.78, 5) is 2.40. The summed E-state index contributed by atoms with van der Waals surface area (Å²) in [6, 6.07) is 0. The molecule has 0 radical (unpaired) electrons. The van der Waals surface area contributed by atoms with Crippen molar-refractivity contribution in [3.8, 4) is 0 Å². The lowest BCUT2D eigenvalue weighted by molar-refractivity contribution is 0.104. The van der Waals surface area contributed by atoms with Gasteiger partial charge in [-0.2, -0.15) is 0 Å². The quantitative estimate of drug-likeness (QED) is 0.659. The number of nitrogens with one attached hydrogen (secondary N) is 1. The molecule has 0 aromatic carbocycles. The van der Waals surface area contributed by atoms with Crippen LogP contribution in [0.1, 0.15) is 19.8 Å². The van der Waals surface area contributed by atoms with Gasteiger partial charge in [-0.25, -0.2) is 0 Å². The molecular formula is C11H24N2O2. The van der Waals surface area contributed by atoms with E-state index in [4.69, 9.17) is 4.74 Å². The van der Waals surface area contributed by atoms with Crippen molar-refractivity contribution in [1.82, 2.24) is 10.2 Å². The molecule has 4 heteroatoms. The highest BCUT2D eigenvalue weighted by molar-refractivity contribution is 4.84. The molecule has 0 amide bonds. The number of hydrogen-bond acceptors (Lipinski definition) is 4. The van der Waals surface area contributed by atoms with E-state index in [0.717, 1.165) is 32.5 Å². The zero-order valence-corrected chi connectivity index (χ0v) is 10.1. The fourth-order valence-corrected chi connectivity index (χ4v) is 1.88. The van der Waals surface area contributed by atoms with E-state index in [1.165, 1.54) is 0 Å². The molecule has 0 aromatic rings. The topological polar surface area (TPSA) is 44.7 Å². The molecular weight excluding hydrogens is 192 g/mol. The van der Waals surface area contributed by atoms with Gasteiger partial charge >= 0.3 is 0 Å². The van der Waals surface area contributed by atoms with Crippen LogP contribution >= 0.6 is 0 Å². The number of hydrogen-bond donors (Lipinski definition) is 2. The van der Waals surface area contributed by atoms with Crippen molar-refractivity contribution in [3.63, 3.8) is 0 Å². The molecule has 0 aromatic heterocycles. The smallest absolute Gasteiger partial charge is 0.0710 e. The van der Waals surface area contributed by atoms with Crippen LogP contribution in [0.15, 0.2) is 0 Å². The fraction of sp³-hybridized carbons (Fsp3) is 1.00. The van der Waals surface area contributed by atoms with Gasteiger partial charge in [0.25, 0.3) is 0 Å². The second kappa shape index (κ2) is 5.80. The second-order valence-corrected chi connectivity index (χ2v) is 4.67. The van der Waals surface area contributed by atoms with Gasteiger partial charge in [0.2, 0.25) is 0 Å². The lowest BCUT2D eigenvalue weighted by Gasteiger charge is -2.29. The van der Waals surface area contributed by atoms with E-state index in [0.29, 0.717) is 6.10 Å². The van der Waals surface area contributed by atoms with E-state index < -0.39 is 0 Å². The Labute approximate surface area is 92.6 Å². The van der Waals surface area contributed by atoms with E-state index >= 15 is 0 Å². The molecule has 1 rings (SSSR count). The molecule has 1 saturated heterocycles. The highest BCUT2D eigenvalue weighted by atomic mass is 16.5. The first-order chi connectivity index (χ1) is 7.13. The number of aliphatic hydroxyl groups excluding tert-OH is 1. The first-order valence-corrected chi connectivity index (χ1v) is 5.68. The van der Waals surface area contributed by atoms with Crippen LogP contribution in [0.3, 0.4) is 0 Å². The maximum atomic E-state index is 9.25. The first-order valence-electron chi connectivity index (χ1n) is 5.68. The number of likely N-dealkylation sites (tertiary alicyclic amines) is 1. The van der Waals surface area contributed by atoms with E-state index in [1.807, 2.05) is 7.05 Å². The average Bonchev–Trinajstić information content (AvgIpc) is 2.74.